The Hall–Kier alpha value is -1.29. The van der Waals surface area contributed by atoms with Crippen LogP contribution in [-0.2, 0) is 4.74 Å². The van der Waals surface area contributed by atoms with Gasteiger partial charge in [-0.2, -0.15) is 0 Å². The van der Waals surface area contributed by atoms with Crippen LogP contribution in [-0.4, -0.2) is 13.6 Å². The Labute approximate surface area is 76.7 Å². The predicted octanol–water partition coefficient (Wildman–Crippen LogP) is 1.89. The minimum Gasteiger partial charge on any atom is -0.398 e. The average Bonchev–Trinajstić information content (AvgIpc) is 2.12. The lowest BCUT2D eigenvalue weighted by molar-refractivity contribution is 0.0706. The minimum atomic E-state index is -0.783. The van der Waals surface area contributed by atoms with E-state index < -0.39 is 6.86 Å². The number of hydrogen-bond acceptors (Lipinski definition) is 3. The summed E-state index contributed by atoms with van der Waals surface area (Å²) < 4.78 is 16.0. The lowest BCUT2D eigenvalue weighted by Crippen LogP contribution is -2.05. The van der Waals surface area contributed by atoms with Gasteiger partial charge in [0.15, 0.2) is 6.86 Å². The molecule has 1 aromatic rings. The first-order valence-corrected chi connectivity index (χ1v) is 3.97. The molecule has 0 atom stereocenters. The van der Waals surface area contributed by atoms with Crippen LogP contribution in [0.4, 0.5) is 15.8 Å². The Bertz CT molecular complexity index is 278. The highest BCUT2D eigenvalue weighted by Gasteiger charge is 1.95. The van der Waals surface area contributed by atoms with E-state index in [-0.39, 0.29) is 6.73 Å². The van der Waals surface area contributed by atoms with Crippen molar-refractivity contribution < 1.29 is 9.13 Å². The van der Waals surface area contributed by atoms with Crippen molar-refractivity contribution in [2.24, 2.45) is 0 Å². The molecule has 0 amide bonds. The molecule has 72 valence electrons. The summed E-state index contributed by atoms with van der Waals surface area (Å²) in [5, 5.41) is 2.87. The molecule has 0 unspecified atom stereocenters. The van der Waals surface area contributed by atoms with Crippen LogP contribution >= 0.6 is 0 Å². The van der Waals surface area contributed by atoms with Gasteiger partial charge in [0.25, 0.3) is 0 Å². The number of rotatable bonds is 4. The van der Waals surface area contributed by atoms with Gasteiger partial charge in [0, 0.05) is 11.4 Å². The molecule has 0 bridgehead atoms. The second-order valence-electron chi connectivity index (χ2n) is 2.71. The summed E-state index contributed by atoms with van der Waals surface area (Å²) in [5.74, 6) is 0. The lowest BCUT2D eigenvalue weighted by atomic mass is 10.2. The molecule has 0 spiro atoms. The van der Waals surface area contributed by atoms with Crippen LogP contribution in [0.2, 0.25) is 0 Å². The first-order chi connectivity index (χ1) is 6.24. The third-order valence-electron chi connectivity index (χ3n) is 1.73. The topological polar surface area (TPSA) is 47.3 Å². The molecular weight excluding hydrogens is 171 g/mol. The molecule has 0 radical (unpaired) electrons. The number of nitrogen functional groups attached to an aromatic ring is 1. The Morgan fingerprint density at radius 3 is 2.92 bits per heavy atom. The molecular formula is C9H13FN2O. The SMILES string of the molecule is Cc1ccc(NCOCF)cc1N. The summed E-state index contributed by atoms with van der Waals surface area (Å²) in [4.78, 5) is 0. The van der Waals surface area contributed by atoms with Crippen molar-refractivity contribution >= 4 is 11.4 Å². The van der Waals surface area contributed by atoms with Crippen LogP contribution in [0.15, 0.2) is 18.2 Å². The van der Waals surface area contributed by atoms with Gasteiger partial charge in [0.05, 0.1) is 0 Å². The summed E-state index contributed by atoms with van der Waals surface area (Å²) in [6.45, 7) is 1.30. The molecule has 4 heteroatoms. The van der Waals surface area contributed by atoms with Gasteiger partial charge in [-0.1, -0.05) is 6.07 Å². The summed E-state index contributed by atoms with van der Waals surface area (Å²) in [5.41, 5.74) is 8.24. The standard InChI is InChI=1S/C9H13FN2O/c1-7-2-3-8(4-9(7)11)12-6-13-5-10/h2-4,12H,5-6,11H2,1H3. The Morgan fingerprint density at radius 2 is 2.31 bits per heavy atom. The van der Waals surface area contributed by atoms with Crippen molar-refractivity contribution in [3.63, 3.8) is 0 Å². The van der Waals surface area contributed by atoms with E-state index >= 15 is 0 Å². The maximum atomic E-state index is 11.6. The second-order valence-corrected chi connectivity index (χ2v) is 2.71. The number of halogens is 1. The molecule has 0 saturated heterocycles. The number of anilines is 2. The minimum absolute atomic E-state index is 0.152. The van der Waals surface area contributed by atoms with Crippen LogP contribution in [0.1, 0.15) is 5.56 Å². The largest absolute Gasteiger partial charge is 0.398 e. The summed E-state index contributed by atoms with van der Waals surface area (Å²) >= 11 is 0. The van der Waals surface area contributed by atoms with Gasteiger partial charge in [-0.15, -0.1) is 0 Å². The number of aryl methyl sites for hydroxylation is 1. The van der Waals surface area contributed by atoms with E-state index in [0.717, 1.165) is 11.3 Å². The number of ether oxygens (including phenoxy) is 1. The van der Waals surface area contributed by atoms with E-state index in [1.54, 1.807) is 6.07 Å². The monoisotopic (exact) mass is 184 g/mol. The van der Waals surface area contributed by atoms with Gasteiger partial charge in [0.2, 0.25) is 0 Å². The summed E-state index contributed by atoms with van der Waals surface area (Å²) in [6.07, 6.45) is 0. The maximum absolute atomic E-state index is 11.6. The molecule has 1 rings (SSSR count). The molecule has 0 aliphatic heterocycles. The van der Waals surface area contributed by atoms with Crippen LogP contribution in [0.25, 0.3) is 0 Å². The highest BCUT2D eigenvalue weighted by Crippen LogP contribution is 2.16. The fraction of sp³-hybridized carbons (Fsp3) is 0.333. The molecule has 1 aromatic carbocycles. The van der Waals surface area contributed by atoms with Crippen molar-refractivity contribution in [1.82, 2.24) is 0 Å². The van der Waals surface area contributed by atoms with Crippen LogP contribution in [0.5, 0.6) is 0 Å². The predicted molar refractivity (Wildman–Crippen MR) is 51.1 cm³/mol. The highest BCUT2D eigenvalue weighted by molar-refractivity contribution is 5.58. The number of hydrogen-bond donors (Lipinski definition) is 2. The van der Waals surface area contributed by atoms with Gasteiger partial charge in [-0.05, 0) is 24.6 Å². The van der Waals surface area contributed by atoms with Crippen molar-refractivity contribution in [1.29, 1.82) is 0 Å². The van der Waals surface area contributed by atoms with E-state index in [1.807, 2.05) is 19.1 Å². The van der Waals surface area contributed by atoms with Gasteiger partial charge in [-0.25, -0.2) is 4.39 Å². The molecule has 0 fully saturated rings. The van der Waals surface area contributed by atoms with Crippen molar-refractivity contribution in [3.8, 4) is 0 Å². The lowest BCUT2D eigenvalue weighted by Gasteiger charge is -2.07. The number of nitrogens with one attached hydrogen (secondary N) is 1. The van der Waals surface area contributed by atoms with E-state index in [0.29, 0.717) is 5.69 Å². The normalized spacial score (nSPS) is 10.0. The Kier molecular flexibility index (Phi) is 3.52. The first kappa shape index (κ1) is 9.80. The summed E-state index contributed by atoms with van der Waals surface area (Å²) in [7, 11) is 0. The second kappa shape index (κ2) is 4.67. The Balaban J connectivity index is 2.53. The van der Waals surface area contributed by atoms with E-state index in [9.17, 15) is 4.39 Å². The average molecular weight is 184 g/mol. The third kappa shape index (κ3) is 2.91. The van der Waals surface area contributed by atoms with Gasteiger partial charge >= 0.3 is 0 Å². The van der Waals surface area contributed by atoms with Crippen molar-refractivity contribution in [3.05, 3.63) is 23.8 Å². The summed E-state index contributed by atoms with van der Waals surface area (Å²) in [6, 6.07) is 5.55. The zero-order chi connectivity index (χ0) is 9.68. The first-order valence-electron chi connectivity index (χ1n) is 3.97. The van der Waals surface area contributed by atoms with Crippen LogP contribution in [0.3, 0.4) is 0 Å². The van der Waals surface area contributed by atoms with Gasteiger partial charge < -0.3 is 15.8 Å². The highest BCUT2D eigenvalue weighted by atomic mass is 19.1. The van der Waals surface area contributed by atoms with Crippen LogP contribution in [0, 0.1) is 6.92 Å². The fourth-order valence-corrected chi connectivity index (χ4v) is 0.923. The number of nitrogens with two attached hydrogens (primary N) is 1. The van der Waals surface area contributed by atoms with E-state index in [1.165, 1.54) is 0 Å². The van der Waals surface area contributed by atoms with Gasteiger partial charge in [0.1, 0.15) is 6.73 Å². The van der Waals surface area contributed by atoms with Crippen molar-refractivity contribution in [2.45, 2.75) is 6.92 Å². The zero-order valence-electron chi connectivity index (χ0n) is 7.51. The molecule has 3 N–H and O–H groups in total. The maximum Gasteiger partial charge on any atom is 0.190 e. The van der Waals surface area contributed by atoms with Crippen molar-refractivity contribution in [2.75, 3.05) is 24.6 Å². The molecule has 0 saturated carbocycles. The number of benzene rings is 1. The quantitative estimate of drug-likeness (QED) is 0.426. The zero-order valence-corrected chi connectivity index (χ0v) is 7.51. The molecule has 0 heterocycles. The third-order valence-corrected chi connectivity index (χ3v) is 1.73. The molecule has 0 aliphatic carbocycles. The van der Waals surface area contributed by atoms with E-state index in [4.69, 9.17) is 5.73 Å². The van der Waals surface area contributed by atoms with E-state index in [2.05, 4.69) is 10.1 Å². The molecule has 13 heavy (non-hydrogen) atoms. The Morgan fingerprint density at radius 1 is 1.54 bits per heavy atom. The van der Waals surface area contributed by atoms with Gasteiger partial charge in [-0.3, -0.25) is 0 Å². The molecule has 0 aromatic heterocycles. The van der Waals surface area contributed by atoms with Crippen LogP contribution < -0.4 is 11.1 Å². The molecule has 3 nitrogen and oxygen atoms in total. The number of alkyl halides is 1. The smallest absolute Gasteiger partial charge is 0.190 e. The fourth-order valence-electron chi connectivity index (χ4n) is 0.923. The molecule has 0 aliphatic rings.